The molecule has 0 aromatic carbocycles. The van der Waals surface area contributed by atoms with Crippen LogP contribution in [0.3, 0.4) is 0 Å². The summed E-state index contributed by atoms with van der Waals surface area (Å²) in [7, 11) is 1.28. The van der Waals surface area contributed by atoms with E-state index < -0.39 is 11.9 Å². The summed E-state index contributed by atoms with van der Waals surface area (Å²) < 4.78 is 11.1. The van der Waals surface area contributed by atoms with E-state index in [0.717, 1.165) is 0 Å². The number of nitrogens with two attached hydrogens (primary N) is 1. The Labute approximate surface area is 99.3 Å². The number of hydrogen-bond acceptors (Lipinski definition) is 5. The molecule has 0 atom stereocenters. The van der Waals surface area contributed by atoms with Crippen LogP contribution < -0.4 is 5.73 Å². The molecule has 0 saturated heterocycles. The van der Waals surface area contributed by atoms with Crippen molar-refractivity contribution < 1.29 is 19.1 Å². The zero-order chi connectivity index (χ0) is 12.8. The molecule has 0 saturated carbocycles. The van der Waals surface area contributed by atoms with Crippen molar-refractivity contribution in [2.75, 3.05) is 19.5 Å². The molecule has 0 aliphatic rings. The molecule has 1 rings (SSSR count). The van der Waals surface area contributed by atoms with Crippen molar-refractivity contribution in [3.05, 3.63) is 18.0 Å². The van der Waals surface area contributed by atoms with Crippen molar-refractivity contribution in [2.45, 2.75) is 19.9 Å². The van der Waals surface area contributed by atoms with Crippen LogP contribution in [0.5, 0.6) is 0 Å². The van der Waals surface area contributed by atoms with Gasteiger partial charge in [0.25, 0.3) is 0 Å². The van der Waals surface area contributed by atoms with E-state index in [9.17, 15) is 9.59 Å². The molecule has 0 bridgehead atoms. The predicted octanol–water partition coefficient (Wildman–Crippen LogP) is 0.810. The zero-order valence-corrected chi connectivity index (χ0v) is 9.93. The van der Waals surface area contributed by atoms with Crippen LogP contribution in [0.1, 0.15) is 23.8 Å². The van der Waals surface area contributed by atoms with Gasteiger partial charge in [-0.15, -0.1) is 0 Å². The molecular weight excluding hydrogens is 224 g/mol. The Bertz CT molecular complexity index is 412. The molecule has 0 amide bonds. The second-order valence-corrected chi connectivity index (χ2v) is 3.41. The van der Waals surface area contributed by atoms with Gasteiger partial charge in [0.05, 0.1) is 19.2 Å². The van der Waals surface area contributed by atoms with Crippen molar-refractivity contribution in [1.82, 2.24) is 4.57 Å². The Morgan fingerprint density at radius 1 is 1.47 bits per heavy atom. The first-order valence-electron chi connectivity index (χ1n) is 5.28. The van der Waals surface area contributed by atoms with Gasteiger partial charge in [-0.1, -0.05) is 0 Å². The number of methoxy groups -OCH3 is 1. The zero-order valence-electron chi connectivity index (χ0n) is 9.93. The topological polar surface area (TPSA) is 83.5 Å². The van der Waals surface area contributed by atoms with E-state index in [1.165, 1.54) is 7.11 Å². The van der Waals surface area contributed by atoms with E-state index in [-0.39, 0.29) is 13.0 Å². The van der Waals surface area contributed by atoms with Gasteiger partial charge in [0.1, 0.15) is 12.3 Å². The minimum Gasteiger partial charge on any atom is -0.469 e. The smallest absolute Gasteiger partial charge is 0.355 e. The Balaban J connectivity index is 2.54. The van der Waals surface area contributed by atoms with E-state index in [2.05, 4.69) is 4.74 Å². The van der Waals surface area contributed by atoms with E-state index in [1.807, 2.05) is 6.92 Å². The summed E-state index contributed by atoms with van der Waals surface area (Å²) in [6.07, 6.45) is 1.71. The molecule has 0 radical (unpaired) electrons. The van der Waals surface area contributed by atoms with Crippen LogP contribution in [0.2, 0.25) is 0 Å². The Hall–Kier alpha value is -1.98. The summed E-state index contributed by atoms with van der Waals surface area (Å²) in [6, 6.07) is 1.55. The number of hydrogen-bond donors (Lipinski definition) is 1. The quantitative estimate of drug-likeness (QED) is 0.770. The standard InChI is InChI=1S/C11H16N2O4/c1-3-13-7-8(12)6-9(13)11(15)17-5-4-10(14)16-2/h6-7H,3-5,12H2,1-2H3. The maximum absolute atomic E-state index is 11.7. The summed E-state index contributed by atoms with van der Waals surface area (Å²) in [4.78, 5) is 22.5. The van der Waals surface area contributed by atoms with Gasteiger partial charge >= 0.3 is 11.9 Å². The minimum atomic E-state index is -0.493. The fourth-order valence-electron chi connectivity index (χ4n) is 1.37. The first-order chi connectivity index (χ1) is 8.08. The summed E-state index contributed by atoms with van der Waals surface area (Å²) in [5.41, 5.74) is 6.48. The maximum Gasteiger partial charge on any atom is 0.355 e. The van der Waals surface area contributed by atoms with Crippen molar-refractivity contribution >= 4 is 17.6 Å². The van der Waals surface area contributed by atoms with E-state index >= 15 is 0 Å². The van der Waals surface area contributed by atoms with Crippen molar-refractivity contribution in [1.29, 1.82) is 0 Å². The minimum absolute atomic E-state index is 0.000303. The average Bonchev–Trinajstić information content (AvgIpc) is 2.70. The van der Waals surface area contributed by atoms with Crippen LogP contribution in [-0.4, -0.2) is 30.2 Å². The Morgan fingerprint density at radius 3 is 2.76 bits per heavy atom. The summed E-state index contributed by atoms with van der Waals surface area (Å²) in [5.74, 6) is -0.907. The highest BCUT2D eigenvalue weighted by Gasteiger charge is 2.14. The van der Waals surface area contributed by atoms with E-state index in [0.29, 0.717) is 17.9 Å². The maximum atomic E-state index is 11.7. The van der Waals surface area contributed by atoms with Crippen LogP contribution in [0.15, 0.2) is 12.3 Å². The molecule has 0 aliphatic carbocycles. The second kappa shape index (κ2) is 5.93. The van der Waals surface area contributed by atoms with Gasteiger partial charge in [-0.05, 0) is 13.0 Å². The fraction of sp³-hybridized carbons (Fsp3) is 0.455. The third-order valence-corrected chi connectivity index (χ3v) is 2.23. The number of ether oxygens (including phenoxy) is 2. The third-order valence-electron chi connectivity index (χ3n) is 2.23. The van der Waals surface area contributed by atoms with Crippen LogP contribution >= 0.6 is 0 Å². The lowest BCUT2D eigenvalue weighted by Gasteiger charge is -2.06. The van der Waals surface area contributed by atoms with Crippen LogP contribution in [0.4, 0.5) is 5.69 Å². The van der Waals surface area contributed by atoms with Crippen molar-refractivity contribution in [3.63, 3.8) is 0 Å². The number of carbonyl (C=O) groups excluding carboxylic acids is 2. The molecule has 1 heterocycles. The average molecular weight is 240 g/mol. The largest absolute Gasteiger partial charge is 0.469 e. The molecule has 0 fully saturated rings. The highest BCUT2D eigenvalue weighted by atomic mass is 16.5. The first kappa shape index (κ1) is 13.1. The van der Waals surface area contributed by atoms with Gasteiger partial charge in [0.15, 0.2) is 0 Å². The molecule has 94 valence electrons. The van der Waals surface area contributed by atoms with Gasteiger partial charge in [-0.25, -0.2) is 4.79 Å². The molecule has 0 spiro atoms. The van der Waals surface area contributed by atoms with Crippen molar-refractivity contribution in [3.8, 4) is 0 Å². The number of carbonyl (C=O) groups is 2. The van der Waals surface area contributed by atoms with Gasteiger partial charge in [0.2, 0.25) is 0 Å². The van der Waals surface area contributed by atoms with Gasteiger partial charge in [-0.3, -0.25) is 4.79 Å². The number of nitrogens with zero attached hydrogens (tertiary/aromatic N) is 1. The SMILES string of the molecule is CCn1cc(N)cc1C(=O)OCCC(=O)OC. The number of anilines is 1. The van der Waals surface area contributed by atoms with E-state index in [1.54, 1.807) is 16.8 Å². The fourth-order valence-corrected chi connectivity index (χ4v) is 1.37. The Kier molecular flexibility index (Phi) is 4.56. The summed E-state index contributed by atoms with van der Waals surface area (Å²) >= 11 is 0. The lowest BCUT2D eigenvalue weighted by Crippen LogP contribution is -2.14. The highest BCUT2D eigenvalue weighted by molar-refractivity contribution is 5.89. The van der Waals surface area contributed by atoms with Gasteiger partial charge in [-0.2, -0.15) is 0 Å². The molecular formula is C11H16N2O4. The number of aromatic nitrogens is 1. The van der Waals surface area contributed by atoms with Gasteiger partial charge in [0, 0.05) is 12.7 Å². The van der Waals surface area contributed by atoms with E-state index in [4.69, 9.17) is 10.5 Å². The van der Waals surface area contributed by atoms with Crippen molar-refractivity contribution in [2.24, 2.45) is 0 Å². The molecule has 0 unspecified atom stereocenters. The predicted molar refractivity (Wildman–Crippen MR) is 61.4 cm³/mol. The number of aryl methyl sites for hydroxylation is 1. The molecule has 6 heteroatoms. The van der Waals surface area contributed by atoms with Crippen LogP contribution in [0.25, 0.3) is 0 Å². The summed E-state index contributed by atoms with van der Waals surface area (Å²) in [5, 5.41) is 0. The molecule has 2 N–H and O–H groups in total. The molecule has 0 aliphatic heterocycles. The number of nitrogen functional groups attached to an aromatic ring is 1. The molecule has 17 heavy (non-hydrogen) atoms. The molecule has 1 aromatic rings. The third kappa shape index (κ3) is 3.51. The van der Waals surface area contributed by atoms with Crippen LogP contribution in [0, 0.1) is 0 Å². The molecule has 1 aromatic heterocycles. The highest BCUT2D eigenvalue weighted by Crippen LogP contribution is 2.11. The number of rotatable bonds is 5. The number of esters is 2. The Morgan fingerprint density at radius 2 is 2.18 bits per heavy atom. The lowest BCUT2D eigenvalue weighted by atomic mass is 10.4. The van der Waals surface area contributed by atoms with Crippen LogP contribution in [-0.2, 0) is 20.8 Å². The molecule has 6 nitrogen and oxygen atoms in total. The lowest BCUT2D eigenvalue weighted by molar-refractivity contribution is -0.141. The monoisotopic (exact) mass is 240 g/mol. The normalized spacial score (nSPS) is 10.0. The summed E-state index contributed by atoms with van der Waals surface area (Å²) in [6.45, 7) is 2.52. The second-order valence-electron chi connectivity index (χ2n) is 3.41. The first-order valence-corrected chi connectivity index (χ1v) is 5.28. The van der Waals surface area contributed by atoms with Gasteiger partial charge < -0.3 is 19.8 Å².